The van der Waals surface area contributed by atoms with Crippen LogP contribution in [-0.2, 0) is 28.7 Å². The number of hydrogen-bond acceptors (Lipinski definition) is 7. The molecular formula is C26H32ClFO7. The fourth-order valence-corrected chi connectivity index (χ4v) is 7.80. The number of aliphatic hydroxyl groups is 1. The lowest BCUT2D eigenvalue weighted by atomic mass is 9.44. The predicted molar refractivity (Wildman–Crippen MR) is 124 cm³/mol. The number of fused-ring (bicyclic) bond motifs is 5. The minimum Gasteiger partial charge on any atom is -0.458 e. The Morgan fingerprint density at radius 1 is 1.26 bits per heavy atom. The van der Waals surface area contributed by atoms with Crippen LogP contribution in [0.3, 0.4) is 0 Å². The summed E-state index contributed by atoms with van der Waals surface area (Å²) in [5, 5.41) is 11.5. The Morgan fingerprint density at radius 3 is 2.54 bits per heavy atom. The first-order valence-corrected chi connectivity index (χ1v) is 12.6. The average Bonchev–Trinajstić information content (AvgIpc) is 3.02. The number of esters is 2. The zero-order chi connectivity index (χ0) is 26.0. The van der Waals surface area contributed by atoms with Crippen molar-refractivity contribution in [1.82, 2.24) is 0 Å². The maximum Gasteiger partial charge on any atom is 0.306 e. The van der Waals surface area contributed by atoms with Gasteiger partial charge in [0.1, 0.15) is 6.10 Å². The van der Waals surface area contributed by atoms with Crippen LogP contribution in [0.1, 0.15) is 59.8 Å². The summed E-state index contributed by atoms with van der Waals surface area (Å²) in [5.41, 5.74) is -5.93. The summed E-state index contributed by atoms with van der Waals surface area (Å²) in [6.07, 6.45) is 2.18. The summed E-state index contributed by atoms with van der Waals surface area (Å²) in [7, 11) is 0. The van der Waals surface area contributed by atoms with Crippen LogP contribution in [0.4, 0.5) is 4.39 Å². The molecule has 1 N–H and O–H groups in total. The van der Waals surface area contributed by atoms with Crippen molar-refractivity contribution in [3.8, 4) is 0 Å². The van der Waals surface area contributed by atoms with Crippen molar-refractivity contribution in [3.63, 3.8) is 0 Å². The van der Waals surface area contributed by atoms with Gasteiger partial charge >= 0.3 is 11.9 Å². The van der Waals surface area contributed by atoms with Gasteiger partial charge in [-0.25, -0.2) is 4.39 Å². The van der Waals surface area contributed by atoms with Crippen LogP contribution in [0.2, 0.25) is 0 Å². The molecule has 192 valence electrons. The molecule has 4 rings (SSSR count). The molecule has 0 radical (unpaired) electrons. The van der Waals surface area contributed by atoms with E-state index in [1.807, 2.05) is 0 Å². The van der Waals surface area contributed by atoms with E-state index in [1.54, 1.807) is 20.8 Å². The highest BCUT2D eigenvalue weighted by Crippen LogP contribution is 2.70. The van der Waals surface area contributed by atoms with Crippen LogP contribution >= 0.6 is 11.6 Å². The second kappa shape index (κ2) is 8.51. The first kappa shape index (κ1) is 26.0. The third-order valence-electron chi connectivity index (χ3n) is 9.21. The van der Waals surface area contributed by atoms with Crippen molar-refractivity contribution >= 4 is 35.1 Å². The molecule has 0 amide bonds. The van der Waals surface area contributed by atoms with E-state index in [-0.39, 0.29) is 25.0 Å². The number of Topliss-reactive ketones (excluding diaryl/α,β-unsaturated/α-hetero) is 1. The highest BCUT2D eigenvalue weighted by molar-refractivity contribution is 6.29. The number of ether oxygens (including phenoxy) is 2. The van der Waals surface area contributed by atoms with Gasteiger partial charge in [-0.2, -0.15) is 0 Å². The van der Waals surface area contributed by atoms with Gasteiger partial charge in [-0.3, -0.25) is 19.2 Å². The highest BCUT2D eigenvalue weighted by Gasteiger charge is 2.78. The van der Waals surface area contributed by atoms with E-state index in [0.717, 1.165) is 0 Å². The zero-order valence-corrected chi connectivity index (χ0v) is 21.2. The Kier molecular flexibility index (Phi) is 6.33. The SMILES string of the molecule is CCC(=O)O[C@]1(C(=O)CCl)C(OC(C)=O)C[C@H]2[C@@H]3CCC4=CC(=O)C=C[C@]4(C)[C@@]3(F)C(O)C[C@@]21C. The van der Waals surface area contributed by atoms with Gasteiger partial charge in [0.25, 0.3) is 0 Å². The van der Waals surface area contributed by atoms with Crippen molar-refractivity contribution in [2.45, 2.75) is 83.3 Å². The number of rotatable bonds is 5. The van der Waals surface area contributed by atoms with Gasteiger partial charge in [-0.15, -0.1) is 11.6 Å². The number of aliphatic hydroxyl groups excluding tert-OH is 1. The Bertz CT molecular complexity index is 1040. The van der Waals surface area contributed by atoms with E-state index in [4.69, 9.17) is 21.1 Å². The summed E-state index contributed by atoms with van der Waals surface area (Å²) >= 11 is 6.00. The largest absolute Gasteiger partial charge is 0.458 e. The fraction of sp³-hybridized carbons (Fsp3) is 0.692. The lowest BCUT2D eigenvalue weighted by Crippen LogP contribution is -2.70. The molecule has 2 unspecified atom stereocenters. The van der Waals surface area contributed by atoms with Crippen molar-refractivity contribution in [1.29, 1.82) is 0 Å². The Hall–Kier alpha value is -2.06. The minimum absolute atomic E-state index is 0.0328. The number of ketones is 2. The number of hydrogen-bond donors (Lipinski definition) is 1. The van der Waals surface area contributed by atoms with Gasteiger partial charge in [0, 0.05) is 30.1 Å². The lowest BCUT2D eigenvalue weighted by Gasteiger charge is -2.62. The van der Waals surface area contributed by atoms with Crippen molar-refractivity contribution < 1.29 is 38.1 Å². The van der Waals surface area contributed by atoms with E-state index in [0.29, 0.717) is 18.4 Å². The summed E-state index contributed by atoms with van der Waals surface area (Å²) in [6.45, 7) is 6.16. The molecule has 0 aromatic carbocycles. The quantitative estimate of drug-likeness (QED) is 0.446. The van der Waals surface area contributed by atoms with Crippen molar-refractivity contribution in [3.05, 3.63) is 23.8 Å². The predicted octanol–water partition coefficient (Wildman–Crippen LogP) is 3.40. The molecular weight excluding hydrogens is 479 g/mol. The molecule has 8 atom stereocenters. The van der Waals surface area contributed by atoms with E-state index in [2.05, 4.69) is 0 Å². The summed E-state index contributed by atoms with van der Waals surface area (Å²) < 4.78 is 28.8. The number of carbonyl (C=O) groups is 4. The average molecular weight is 511 g/mol. The van der Waals surface area contributed by atoms with Gasteiger partial charge in [-0.1, -0.05) is 25.5 Å². The first-order chi connectivity index (χ1) is 16.3. The van der Waals surface area contributed by atoms with Crippen molar-refractivity contribution in [2.75, 3.05) is 5.88 Å². The molecule has 0 heterocycles. The maximum absolute atomic E-state index is 17.3. The number of carbonyl (C=O) groups excluding carboxylic acids is 4. The number of allylic oxidation sites excluding steroid dienone is 4. The molecule has 0 spiro atoms. The summed E-state index contributed by atoms with van der Waals surface area (Å²) in [5.74, 6) is -4.03. The second-order valence-electron chi connectivity index (χ2n) is 10.7. The van der Waals surface area contributed by atoms with Crippen LogP contribution < -0.4 is 0 Å². The van der Waals surface area contributed by atoms with Gasteiger partial charge in [-0.05, 0) is 50.7 Å². The third kappa shape index (κ3) is 3.31. The molecule has 0 aromatic heterocycles. The molecule has 3 saturated carbocycles. The number of alkyl halides is 2. The normalized spacial score (nSPS) is 44.0. The topological polar surface area (TPSA) is 107 Å². The van der Waals surface area contributed by atoms with Crippen LogP contribution in [0.25, 0.3) is 0 Å². The van der Waals surface area contributed by atoms with E-state index < -0.39 is 69.7 Å². The van der Waals surface area contributed by atoms with Gasteiger partial charge in [0.05, 0.1) is 12.0 Å². The lowest BCUT2D eigenvalue weighted by molar-refractivity contribution is -0.231. The van der Waals surface area contributed by atoms with Crippen molar-refractivity contribution in [2.24, 2.45) is 22.7 Å². The minimum atomic E-state index is -2.14. The van der Waals surface area contributed by atoms with Crippen LogP contribution in [0, 0.1) is 22.7 Å². The van der Waals surface area contributed by atoms with Gasteiger partial charge < -0.3 is 14.6 Å². The molecule has 0 saturated heterocycles. The number of halogens is 2. The molecule has 0 aromatic rings. The second-order valence-corrected chi connectivity index (χ2v) is 11.0. The summed E-state index contributed by atoms with van der Waals surface area (Å²) in [4.78, 5) is 50.2. The van der Waals surface area contributed by atoms with E-state index in [1.165, 1.54) is 25.2 Å². The van der Waals surface area contributed by atoms with Crippen LogP contribution in [-0.4, -0.2) is 58.0 Å². The fourth-order valence-electron chi connectivity index (χ4n) is 7.61. The van der Waals surface area contributed by atoms with Gasteiger partial charge in [0.15, 0.2) is 17.2 Å². The maximum atomic E-state index is 17.3. The molecule has 3 fully saturated rings. The van der Waals surface area contributed by atoms with Crippen LogP contribution in [0.15, 0.2) is 23.8 Å². The molecule has 0 bridgehead atoms. The van der Waals surface area contributed by atoms with Crippen LogP contribution in [0.5, 0.6) is 0 Å². The zero-order valence-electron chi connectivity index (χ0n) is 20.4. The van der Waals surface area contributed by atoms with E-state index >= 15 is 4.39 Å². The summed E-state index contributed by atoms with van der Waals surface area (Å²) in [6, 6.07) is 0. The Balaban J connectivity index is 1.89. The molecule has 4 aliphatic rings. The standard InChI is InChI=1S/C26H32ClFO7/c1-5-22(33)35-26(20(32)13-27)21(34-14(2)29)11-18-17-7-6-15-10-16(30)8-9-23(15,3)25(17,28)19(31)12-24(18,26)4/h8-10,17-19,21,31H,5-7,11-13H2,1-4H3/t17-,18-,19?,21?,23-,24-,25-,26+/m0/s1. The molecule has 4 aliphatic carbocycles. The molecule has 9 heteroatoms. The molecule has 0 aliphatic heterocycles. The smallest absolute Gasteiger partial charge is 0.306 e. The van der Waals surface area contributed by atoms with E-state index in [9.17, 15) is 24.3 Å². The molecule has 35 heavy (non-hydrogen) atoms. The first-order valence-electron chi connectivity index (χ1n) is 12.1. The third-order valence-corrected chi connectivity index (χ3v) is 9.45. The molecule has 7 nitrogen and oxygen atoms in total. The van der Waals surface area contributed by atoms with Gasteiger partial charge in [0.2, 0.25) is 5.60 Å². The monoisotopic (exact) mass is 510 g/mol. The highest BCUT2D eigenvalue weighted by atomic mass is 35.5. The Morgan fingerprint density at radius 2 is 1.94 bits per heavy atom. The Labute approximate surface area is 209 Å².